The number of hydrogen-bond donors (Lipinski definition) is 4. The summed E-state index contributed by atoms with van der Waals surface area (Å²) < 4.78 is 12.2. The van der Waals surface area contributed by atoms with Gasteiger partial charge in [-0.1, -0.05) is 204 Å². The van der Waals surface area contributed by atoms with Crippen molar-refractivity contribution >= 4 is 23.6 Å². The van der Waals surface area contributed by atoms with Crippen molar-refractivity contribution in [2.75, 3.05) is 23.7 Å². The van der Waals surface area contributed by atoms with Gasteiger partial charge in [0.15, 0.2) is 0 Å². The Morgan fingerprint density at radius 1 is 0.453 bits per heavy atom. The second kappa shape index (κ2) is 22.2. The fourth-order valence-corrected chi connectivity index (χ4v) is 11.0. The highest BCUT2D eigenvalue weighted by Crippen LogP contribution is 2.38. The largest absolute Gasteiger partial charge is 0.445 e. The number of aryl methyl sites for hydroxylation is 2. The van der Waals surface area contributed by atoms with Gasteiger partial charge in [-0.2, -0.15) is 0 Å². The minimum Gasteiger partial charge on any atom is -0.445 e. The van der Waals surface area contributed by atoms with Crippen molar-refractivity contribution in [2.45, 2.75) is 174 Å². The standard InChI is InChI=1S/C67H84N4O4/c1-42-35-44(15-33-56(42)70-62(72)74-54-38-58(68-40-54)60(46-17-25-50(26-18-46)64(3,4)5)47-19-27-51(28-20-47)65(6,7)8)37-45-16-34-57(43(2)36-45)71-63(73)75-55-39-59(69-41-55)61(48-21-29-52(30-22-48)66(9,10)11)49-23-31-53(32-24-49)67(12,13)14/h15-36,54-55,58-61,68-69H,37-41H2,1-14H3,(H,70,72)(H,71,73). The Kier molecular flexibility index (Phi) is 16.3. The molecule has 0 aliphatic carbocycles. The van der Waals surface area contributed by atoms with E-state index in [4.69, 9.17) is 9.47 Å². The van der Waals surface area contributed by atoms with Crippen LogP contribution in [0.3, 0.4) is 0 Å². The number of ether oxygens (including phenoxy) is 2. The van der Waals surface area contributed by atoms with Crippen LogP contribution in [0, 0.1) is 13.8 Å². The smallest absolute Gasteiger partial charge is 0.411 e. The predicted octanol–water partition coefficient (Wildman–Crippen LogP) is 15.3. The van der Waals surface area contributed by atoms with Gasteiger partial charge < -0.3 is 20.1 Å². The molecule has 75 heavy (non-hydrogen) atoms. The van der Waals surface area contributed by atoms with Gasteiger partial charge >= 0.3 is 12.2 Å². The third-order valence-corrected chi connectivity index (χ3v) is 15.6. The van der Waals surface area contributed by atoms with Crippen LogP contribution in [0.1, 0.15) is 175 Å². The molecule has 4 atom stereocenters. The second-order valence-corrected chi connectivity index (χ2v) is 25.7. The molecule has 2 fully saturated rings. The average Bonchev–Trinajstić information content (AvgIpc) is 4.00. The van der Waals surface area contributed by atoms with E-state index in [9.17, 15) is 9.59 Å². The molecule has 2 aliphatic rings. The van der Waals surface area contributed by atoms with Crippen molar-refractivity contribution in [2.24, 2.45) is 0 Å². The highest BCUT2D eigenvalue weighted by atomic mass is 16.6. The van der Waals surface area contributed by atoms with Crippen LogP contribution >= 0.6 is 0 Å². The molecule has 8 heteroatoms. The molecule has 0 aromatic heterocycles. The summed E-state index contributed by atoms with van der Waals surface area (Å²) in [6.45, 7) is 32.1. The van der Waals surface area contributed by atoms with Crippen LogP contribution in [0.15, 0.2) is 133 Å². The zero-order chi connectivity index (χ0) is 54.0. The number of nitrogens with one attached hydrogen (secondary N) is 4. The van der Waals surface area contributed by atoms with Gasteiger partial charge in [0.1, 0.15) is 12.2 Å². The molecular weight excluding hydrogens is 925 g/mol. The van der Waals surface area contributed by atoms with Crippen LogP contribution in [0.4, 0.5) is 21.0 Å². The number of carbonyl (C=O) groups excluding carboxylic acids is 2. The zero-order valence-electron chi connectivity index (χ0n) is 47.3. The zero-order valence-corrected chi connectivity index (χ0v) is 47.3. The monoisotopic (exact) mass is 1010 g/mol. The van der Waals surface area contributed by atoms with Crippen LogP contribution in [-0.2, 0) is 37.6 Å². The Morgan fingerprint density at radius 3 is 0.987 bits per heavy atom. The molecule has 0 spiro atoms. The molecule has 396 valence electrons. The molecule has 4 N–H and O–H groups in total. The van der Waals surface area contributed by atoms with E-state index >= 15 is 0 Å². The summed E-state index contributed by atoms with van der Waals surface area (Å²) in [5.41, 5.74) is 16.1. The molecule has 2 saturated heterocycles. The van der Waals surface area contributed by atoms with E-state index in [2.05, 4.69) is 214 Å². The summed E-state index contributed by atoms with van der Waals surface area (Å²) in [6, 6.07) is 48.6. The number of benzene rings is 6. The fraction of sp³-hybridized carbons (Fsp3) is 0.433. The van der Waals surface area contributed by atoms with Gasteiger partial charge in [-0.15, -0.1) is 0 Å². The summed E-state index contributed by atoms with van der Waals surface area (Å²) in [4.78, 5) is 26.9. The lowest BCUT2D eigenvalue weighted by atomic mass is 9.80. The lowest BCUT2D eigenvalue weighted by Crippen LogP contribution is -2.30. The highest BCUT2D eigenvalue weighted by Gasteiger charge is 2.37. The van der Waals surface area contributed by atoms with Crippen molar-refractivity contribution in [1.29, 1.82) is 0 Å². The van der Waals surface area contributed by atoms with Gasteiger partial charge in [0.2, 0.25) is 0 Å². The van der Waals surface area contributed by atoms with Crippen LogP contribution in [0.2, 0.25) is 0 Å². The number of carbonyl (C=O) groups is 2. The summed E-state index contributed by atoms with van der Waals surface area (Å²) in [5, 5.41) is 13.5. The number of anilines is 2. The maximum Gasteiger partial charge on any atom is 0.411 e. The summed E-state index contributed by atoms with van der Waals surface area (Å²) in [7, 11) is 0. The first-order valence-electron chi connectivity index (χ1n) is 27.3. The van der Waals surface area contributed by atoms with Gasteiger partial charge in [0, 0.05) is 61.2 Å². The van der Waals surface area contributed by atoms with E-state index in [1.54, 1.807) is 0 Å². The summed E-state index contributed by atoms with van der Waals surface area (Å²) >= 11 is 0. The molecule has 0 radical (unpaired) electrons. The minimum atomic E-state index is -0.451. The quantitative estimate of drug-likeness (QED) is 0.0974. The first-order chi connectivity index (χ1) is 35.3. The maximum atomic E-state index is 13.4. The Hall–Kier alpha value is -6.22. The van der Waals surface area contributed by atoms with Gasteiger partial charge in [-0.3, -0.25) is 10.6 Å². The third-order valence-electron chi connectivity index (χ3n) is 15.6. The minimum absolute atomic E-state index is 0.0657. The van der Waals surface area contributed by atoms with Gasteiger partial charge in [0.25, 0.3) is 0 Å². The van der Waals surface area contributed by atoms with E-state index in [1.165, 1.54) is 44.5 Å². The Labute approximate surface area is 449 Å². The molecule has 2 aliphatic heterocycles. The first-order valence-corrected chi connectivity index (χ1v) is 27.3. The number of rotatable bonds is 12. The SMILES string of the molecule is Cc1cc(Cc2ccc(NC(=O)OC3CNC(C(c4ccc(C(C)(C)C)cc4)c4ccc(C(C)(C)C)cc4)C3)c(C)c2)ccc1NC(=O)OC1CNC(C(c2ccc(C(C)(C)C)cc2)c2ccc(C(C)(C)C)cc2)C1. The molecule has 8 rings (SSSR count). The van der Waals surface area contributed by atoms with Crippen LogP contribution in [0.5, 0.6) is 0 Å². The van der Waals surface area contributed by atoms with Crippen molar-refractivity contribution in [3.63, 3.8) is 0 Å². The van der Waals surface area contributed by atoms with E-state index in [0.29, 0.717) is 32.4 Å². The third kappa shape index (κ3) is 13.8. The Bertz CT molecular complexity index is 2600. The van der Waals surface area contributed by atoms with E-state index in [-0.39, 0.29) is 57.8 Å². The molecule has 2 heterocycles. The fourth-order valence-electron chi connectivity index (χ4n) is 11.0. The van der Waals surface area contributed by atoms with Crippen LogP contribution in [-0.4, -0.2) is 49.6 Å². The van der Waals surface area contributed by atoms with Crippen LogP contribution in [0.25, 0.3) is 0 Å². The van der Waals surface area contributed by atoms with Gasteiger partial charge in [0.05, 0.1) is 0 Å². The molecular formula is C67H84N4O4. The van der Waals surface area contributed by atoms with Crippen molar-refractivity contribution in [3.8, 4) is 0 Å². The molecule has 2 amide bonds. The van der Waals surface area contributed by atoms with Crippen molar-refractivity contribution < 1.29 is 19.1 Å². The Balaban J connectivity index is 0.846. The maximum absolute atomic E-state index is 13.4. The molecule has 6 aromatic rings. The highest BCUT2D eigenvalue weighted by molar-refractivity contribution is 5.86. The lowest BCUT2D eigenvalue weighted by Gasteiger charge is -2.27. The van der Waals surface area contributed by atoms with E-state index in [0.717, 1.165) is 33.6 Å². The normalized spacial score (nSPS) is 18.3. The van der Waals surface area contributed by atoms with E-state index in [1.807, 2.05) is 38.1 Å². The van der Waals surface area contributed by atoms with Gasteiger partial charge in [-0.25, -0.2) is 9.59 Å². The van der Waals surface area contributed by atoms with Crippen molar-refractivity contribution in [1.82, 2.24) is 10.6 Å². The molecule has 0 bridgehead atoms. The van der Waals surface area contributed by atoms with Gasteiger partial charge in [-0.05, 0) is 121 Å². The summed E-state index contributed by atoms with van der Waals surface area (Å²) in [5.74, 6) is 0.205. The van der Waals surface area contributed by atoms with E-state index < -0.39 is 12.2 Å². The molecule has 0 saturated carbocycles. The topological polar surface area (TPSA) is 101 Å². The predicted molar refractivity (Wildman–Crippen MR) is 310 cm³/mol. The number of hydrogen-bond acceptors (Lipinski definition) is 6. The molecule has 6 aromatic carbocycles. The second-order valence-electron chi connectivity index (χ2n) is 25.7. The summed E-state index contributed by atoms with van der Waals surface area (Å²) in [6.07, 6.45) is 0.664. The molecule has 8 nitrogen and oxygen atoms in total. The first kappa shape index (κ1) is 55.0. The molecule has 4 unspecified atom stereocenters. The van der Waals surface area contributed by atoms with Crippen molar-refractivity contribution in [3.05, 3.63) is 200 Å². The van der Waals surface area contributed by atoms with Crippen LogP contribution < -0.4 is 21.3 Å². The Morgan fingerprint density at radius 2 is 0.733 bits per heavy atom. The average molecular weight is 1010 g/mol. The number of amides is 2. The lowest BCUT2D eigenvalue weighted by molar-refractivity contribution is 0.118.